The number of hydrogen-bond donors (Lipinski definition) is 2. The molecular weight excluding hydrogens is 298 g/mol. The lowest BCUT2D eigenvalue weighted by molar-refractivity contribution is -0.140. The second-order valence-corrected chi connectivity index (χ2v) is 6.21. The van der Waals surface area contributed by atoms with Crippen LogP contribution in [0, 0.1) is 17.3 Å². The van der Waals surface area contributed by atoms with E-state index >= 15 is 0 Å². The van der Waals surface area contributed by atoms with Crippen LogP contribution in [0.3, 0.4) is 0 Å². The largest absolute Gasteiger partial charge is 0.481 e. The van der Waals surface area contributed by atoms with E-state index in [-0.39, 0.29) is 18.3 Å². The second-order valence-electron chi connectivity index (χ2n) is 6.21. The summed E-state index contributed by atoms with van der Waals surface area (Å²) in [6.45, 7) is 3.63. The number of nitrogens with one attached hydrogen (secondary N) is 1. The summed E-state index contributed by atoms with van der Waals surface area (Å²) < 4.78 is 5.10. The number of carboxylic acid groups (broad SMARTS) is 1. The van der Waals surface area contributed by atoms with E-state index in [4.69, 9.17) is 9.63 Å². The molecule has 0 unspecified atom stereocenters. The highest BCUT2D eigenvalue weighted by Gasteiger charge is 2.65. The lowest BCUT2D eigenvalue weighted by Crippen LogP contribution is -2.27. The van der Waals surface area contributed by atoms with Crippen molar-refractivity contribution in [1.82, 2.24) is 15.5 Å². The van der Waals surface area contributed by atoms with E-state index < -0.39 is 23.2 Å². The number of carboxylic acids is 1. The molecule has 7 heteroatoms. The van der Waals surface area contributed by atoms with Gasteiger partial charge < -0.3 is 14.9 Å². The standard InChI is InChI=1S/C16H17N3O4/c1-16(2)11(12(16)15(21)22)14(20)17-8-10-18-13(19-23-10)9-6-4-3-5-7-9/h3-7,11-12H,8H2,1-2H3,(H,17,20)(H,21,22)/t11-,12-/m1/s1. The van der Waals surface area contributed by atoms with Crippen LogP contribution in [0.15, 0.2) is 34.9 Å². The SMILES string of the molecule is CC1(C)[C@@H](C(=O)O)[C@@H]1C(=O)NCc1nc(-c2ccccc2)no1. The van der Waals surface area contributed by atoms with Crippen LogP contribution in [0.4, 0.5) is 0 Å². The Kier molecular flexibility index (Phi) is 3.63. The highest BCUT2D eigenvalue weighted by Crippen LogP contribution is 2.58. The smallest absolute Gasteiger partial charge is 0.307 e. The number of aliphatic carboxylic acids is 1. The maximum absolute atomic E-state index is 12.1. The number of carbonyl (C=O) groups excluding carboxylic acids is 1. The van der Waals surface area contributed by atoms with E-state index in [0.29, 0.717) is 5.82 Å². The molecule has 1 aliphatic rings. The summed E-state index contributed by atoms with van der Waals surface area (Å²) in [5.41, 5.74) is 0.294. The van der Waals surface area contributed by atoms with Gasteiger partial charge in [0, 0.05) is 5.56 Å². The van der Waals surface area contributed by atoms with Crippen LogP contribution in [-0.4, -0.2) is 27.1 Å². The first-order valence-corrected chi connectivity index (χ1v) is 7.30. The van der Waals surface area contributed by atoms with E-state index in [1.54, 1.807) is 13.8 Å². The van der Waals surface area contributed by atoms with Crippen LogP contribution in [0.5, 0.6) is 0 Å². The van der Waals surface area contributed by atoms with Crippen molar-refractivity contribution in [2.24, 2.45) is 17.3 Å². The van der Waals surface area contributed by atoms with Gasteiger partial charge >= 0.3 is 5.97 Å². The van der Waals surface area contributed by atoms with E-state index in [1.807, 2.05) is 30.3 Å². The van der Waals surface area contributed by atoms with Gasteiger partial charge in [-0.05, 0) is 5.41 Å². The predicted molar refractivity (Wildman–Crippen MR) is 80.0 cm³/mol. The first-order chi connectivity index (χ1) is 10.9. The minimum Gasteiger partial charge on any atom is -0.481 e. The van der Waals surface area contributed by atoms with Gasteiger partial charge in [-0.25, -0.2) is 0 Å². The number of amides is 1. The highest BCUT2D eigenvalue weighted by molar-refractivity contribution is 5.91. The monoisotopic (exact) mass is 315 g/mol. The molecule has 120 valence electrons. The average Bonchev–Trinajstić information content (AvgIpc) is 2.88. The molecule has 0 bridgehead atoms. The van der Waals surface area contributed by atoms with Crippen LogP contribution >= 0.6 is 0 Å². The van der Waals surface area contributed by atoms with Crippen LogP contribution in [0.2, 0.25) is 0 Å². The van der Waals surface area contributed by atoms with E-state index in [1.165, 1.54) is 0 Å². The topological polar surface area (TPSA) is 105 Å². The van der Waals surface area contributed by atoms with Gasteiger partial charge in [0.2, 0.25) is 17.6 Å². The zero-order valence-electron chi connectivity index (χ0n) is 12.8. The van der Waals surface area contributed by atoms with Gasteiger partial charge in [-0.3, -0.25) is 9.59 Å². The van der Waals surface area contributed by atoms with Crippen molar-refractivity contribution in [3.63, 3.8) is 0 Å². The molecule has 0 saturated heterocycles. The molecule has 1 heterocycles. The van der Waals surface area contributed by atoms with Crippen molar-refractivity contribution in [1.29, 1.82) is 0 Å². The van der Waals surface area contributed by atoms with Crippen molar-refractivity contribution in [2.75, 3.05) is 0 Å². The normalized spacial score (nSPS) is 21.7. The molecule has 1 aromatic heterocycles. The Morgan fingerprint density at radius 2 is 1.96 bits per heavy atom. The van der Waals surface area contributed by atoms with Crippen molar-refractivity contribution in [3.8, 4) is 11.4 Å². The third-order valence-electron chi connectivity index (χ3n) is 4.29. The molecule has 2 N–H and O–H groups in total. The minimum atomic E-state index is -0.945. The fourth-order valence-corrected chi connectivity index (χ4v) is 2.89. The number of benzene rings is 1. The van der Waals surface area contributed by atoms with Gasteiger partial charge in [0.15, 0.2) is 0 Å². The summed E-state index contributed by atoms with van der Waals surface area (Å²) in [4.78, 5) is 27.4. The fraction of sp³-hybridized carbons (Fsp3) is 0.375. The number of aromatic nitrogens is 2. The number of nitrogens with zero attached hydrogens (tertiary/aromatic N) is 2. The first-order valence-electron chi connectivity index (χ1n) is 7.30. The van der Waals surface area contributed by atoms with Crippen LogP contribution in [0.25, 0.3) is 11.4 Å². The third-order valence-corrected chi connectivity index (χ3v) is 4.29. The molecule has 1 fully saturated rings. The van der Waals surface area contributed by atoms with E-state index in [9.17, 15) is 9.59 Å². The van der Waals surface area contributed by atoms with Gasteiger partial charge in [0.25, 0.3) is 0 Å². The lowest BCUT2D eigenvalue weighted by Gasteiger charge is -2.02. The Labute approximate surface area is 132 Å². The number of rotatable bonds is 5. The molecule has 2 atom stereocenters. The zero-order chi connectivity index (χ0) is 16.6. The summed E-state index contributed by atoms with van der Waals surface area (Å²) in [5.74, 6) is -1.70. The number of hydrogen-bond acceptors (Lipinski definition) is 5. The van der Waals surface area contributed by atoms with Crippen LogP contribution in [0.1, 0.15) is 19.7 Å². The Morgan fingerprint density at radius 3 is 2.57 bits per heavy atom. The fourth-order valence-electron chi connectivity index (χ4n) is 2.89. The third kappa shape index (κ3) is 2.81. The first kappa shape index (κ1) is 15.2. The van der Waals surface area contributed by atoms with Gasteiger partial charge in [-0.15, -0.1) is 0 Å². The number of carbonyl (C=O) groups is 2. The summed E-state index contributed by atoms with van der Waals surface area (Å²) in [7, 11) is 0. The molecular formula is C16H17N3O4. The Morgan fingerprint density at radius 1 is 1.26 bits per heavy atom. The van der Waals surface area contributed by atoms with Crippen molar-refractivity contribution < 1.29 is 19.2 Å². The quantitative estimate of drug-likeness (QED) is 0.870. The van der Waals surface area contributed by atoms with Gasteiger partial charge in [0.05, 0.1) is 18.4 Å². The Bertz CT molecular complexity index is 739. The van der Waals surface area contributed by atoms with Crippen LogP contribution < -0.4 is 5.32 Å². The van der Waals surface area contributed by atoms with Crippen molar-refractivity contribution in [2.45, 2.75) is 20.4 Å². The summed E-state index contributed by atoms with van der Waals surface area (Å²) >= 11 is 0. The predicted octanol–water partition coefficient (Wildman–Crippen LogP) is 1.71. The molecule has 3 rings (SSSR count). The Balaban J connectivity index is 1.61. The second kappa shape index (κ2) is 5.49. The van der Waals surface area contributed by atoms with Gasteiger partial charge in [-0.1, -0.05) is 49.3 Å². The van der Waals surface area contributed by atoms with Gasteiger partial charge in [0.1, 0.15) is 0 Å². The van der Waals surface area contributed by atoms with Gasteiger partial charge in [-0.2, -0.15) is 4.98 Å². The minimum absolute atomic E-state index is 0.0809. The Hall–Kier alpha value is -2.70. The molecule has 0 aliphatic heterocycles. The summed E-state index contributed by atoms with van der Waals surface area (Å²) in [6.07, 6.45) is 0. The summed E-state index contributed by atoms with van der Waals surface area (Å²) in [5, 5.41) is 15.6. The molecule has 7 nitrogen and oxygen atoms in total. The average molecular weight is 315 g/mol. The molecule has 1 aromatic carbocycles. The molecule has 0 radical (unpaired) electrons. The van der Waals surface area contributed by atoms with Crippen molar-refractivity contribution >= 4 is 11.9 Å². The molecule has 1 aliphatic carbocycles. The van der Waals surface area contributed by atoms with E-state index in [2.05, 4.69) is 15.5 Å². The molecule has 2 aromatic rings. The molecule has 1 saturated carbocycles. The highest BCUT2D eigenvalue weighted by atomic mass is 16.5. The maximum Gasteiger partial charge on any atom is 0.307 e. The van der Waals surface area contributed by atoms with Crippen molar-refractivity contribution in [3.05, 3.63) is 36.2 Å². The maximum atomic E-state index is 12.1. The van der Waals surface area contributed by atoms with Crippen LogP contribution in [-0.2, 0) is 16.1 Å². The van der Waals surface area contributed by atoms with E-state index in [0.717, 1.165) is 5.56 Å². The molecule has 23 heavy (non-hydrogen) atoms. The molecule has 1 amide bonds. The molecule has 0 spiro atoms. The lowest BCUT2D eigenvalue weighted by atomic mass is 10.1. The summed E-state index contributed by atoms with van der Waals surface area (Å²) in [6, 6.07) is 9.35. The zero-order valence-corrected chi connectivity index (χ0v) is 12.8.